The van der Waals surface area contributed by atoms with Gasteiger partial charge >= 0.3 is 6.03 Å². The predicted octanol–water partition coefficient (Wildman–Crippen LogP) is 2.54. The molecule has 2 N–H and O–H groups in total. The third-order valence-corrected chi connectivity index (χ3v) is 6.00. The summed E-state index contributed by atoms with van der Waals surface area (Å²) < 4.78 is 0. The van der Waals surface area contributed by atoms with Crippen LogP contribution >= 0.6 is 0 Å². The summed E-state index contributed by atoms with van der Waals surface area (Å²) in [5.74, 6) is 0.422. The van der Waals surface area contributed by atoms with E-state index < -0.39 is 0 Å². The molecule has 4 heterocycles. The molecule has 3 aliphatic rings. The molecule has 2 aromatic rings. The summed E-state index contributed by atoms with van der Waals surface area (Å²) in [6.07, 6.45) is 7.26. The topological polar surface area (TPSA) is 91.6 Å². The van der Waals surface area contributed by atoms with Crippen molar-refractivity contribution in [1.29, 1.82) is 0 Å². The molecule has 0 bridgehead atoms. The van der Waals surface area contributed by atoms with Crippen LogP contribution in [-0.4, -0.2) is 39.5 Å². The van der Waals surface area contributed by atoms with Gasteiger partial charge in [-0.05, 0) is 49.9 Å². The van der Waals surface area contributed by atoms with Crippen LogP contribution in [-0.2, 0) is 0 Å². The Hall–Kier alpha value is -3.09. The van der Waals surface area contributed by atoms with Gasteiger partial charge in [-0.3, -0.25) is 9.97 Å². The van der Waals surface area contributed by atoms with Crippen LogP contribution in [0.15, 0.2) is 59.0 Å². The van der Waals surface area contributed by atoms with Crippen molar-refractivity contribution in [2.24, 2.45) is 22.0 Å². The molecule has 2 amide bonds. The zero-order valence-electron chi connectivity index (χ0n) is 15.5. The second-order valence-corrected chi connectivity index (χ2v) is 7.60. The molecule has 0 aromatic carbocycles. The van der Waals surface area contributed by atoms with E-state index in [1.165, 1.54) is 0 Å². The number of fused-ring (bicyclic) bond motifs is 2. The maximum absolute atomic E-state index is 11.8. The summed E-state index contributed by atoms with van der Waals surface area (Å²) in [6, 6.07) is 12.1. The van der Waals surface area contributed by atoms with Gasteiger partial charge in [-0.2, -0.15) is 10.2 Å². The summed E-state index contributed by atoms with van der Waals surface area (Å²) in [7, 11) is 0. The van der Waals surface area contributed by atoms with Crippen molar-refractivity contribution in [1.82, 2.24) is 20.6 Å². The van der Waals surface area contributed by atoms with Crippen molar-refractivity contribution in [3.63, 3.8) is 0 Å². The zero-order valence-corrected chi connectivity index (χ0v) is 15.5. The maximum Gasteiger partial charge on any atom is 0.315 e. The van der Waals surface area contributed by atoms with Crippen molar-refractivity contribution in [3.8, 4) is 0 Å². The fourth-order valence-electron chi connectivity index (χ4n) is 4.67. The highest BCUT2D eigenvalue weighted by atomic mass is 16.2. The molecule has 1 saturated heterocycles. The quantitative estimate of drug-likeness (QED) is 0.846. The van der Waals surface area contributed by atoms with Gasteiger partial charge in [0.15, 0.2) is 0 Å². The smallest absolute Gasteiger partial charge is 0.315 e. The second kappa shape index (κ2) is 7.14. The van der Waals surface area contributed by atoms with Gasteiger partial charge in [0.25, 0.3) is 0 Å². The fourth-order valence-corrected chi connectivity index (χ4v) is 4.67. The first kappa shape index (κ1) is 17.0. The van der Waals surface area contributed by atoms with Crippen molar-refractivity contribution >= 4 is 17.5 Å². The van der Waals surface area contributed by atoms with E-state index in [1.54, 1.807) is 12.4 Å². The minimum atomic E-state index is -0.0582. The van der Waals surface area contributed by atoms with E-state index in [1.807, 2.05) is 36.4 Å². The normalized spacial score (nSPS) is 29.2. The molecule has 142 valence electrons. The molecule has 7 heteroatoms. The van der Waals surface area contributed by atoms with Crippen LogP contribution < -0.4 is 10.6 Å². The van der Waals surface area contributed by atoms with Crippen LogP contribution in [0.25, 0.3) is 0 Å². The highest BCUT2D eigenvalue weighted by Gasteiger charge is 2.41. The van der Waals surface area contributed by atoms with Crippen molar-refractivity contribution in [2.45, 2.75) is 37.8 Å². The largest absolute Gasteiger partial charge is 0.333 e. The van der Waals surface area contributed by atoms with Gasteiger partial charge < -0.3 is 10.6 Å². The number of aromatic nitrogens is 2. The minimum Gasteiger partial charge on any atom is -0.333 e. The van der Waals surface area contributed by atoms with Crippen LogP contribution in [0.5, 0.6) is 0 Å². The van der Waals surface area contributed by atoms with Crippen LogP contribution in [0.2, 0.25) is 0 Å². The third-order valence-electron chi connectivity index (χ3n) is 6.00. The van der Waals surface area contributed by atoms with Gasteiger partial charge in [-0.1, -0.05) is 12.1 Å². The van der Waals surface area contributed by atoms with Crippen LogP contribution in [0.1, 0.15) is 37.1 Å². The van der Waals surface area contributed by atoms with Crippen molar-refractivity contribution in [2.75, 3.05) is 0 Å². The molecule has 7 nitrogen and oxygen atoms in total. The lowest BCUT2D eigenvalue weighted by Gasteiger charge is -2.35. The Labute approximate surface area is 163 Å². The molecule has 0 spiro atoms. The zero-order chi connectivity index (χ0) is 18.9. The van der Waals surface area contributed by atoms with E-state index in [4.69, 9.17) is 0 Å². The number of rotatable bonds is 2. The Bertz CT molecular complexity index is 851. The van der Waals surface area contributed by atoms with E-state index in [-0.39, 0.29) is 30.0 Å². The van der Waals surface area contributed by atoms with Crippen molar-refractivity contribution < 1.29 is 4.79 Å². The van der Waals surface area contributed by atoms with Crippen LogP contribution in [0.4, 0.5) is 4.79 Å². The lowest BCUT2D eigenvalue weighted by atomic mass is 9.73. The molecule has 28 heavy (non-hydrogen) atoms. The van der Waals surface area contributed by atoms with Gasteiger partial charge in [0.05, 0.1) is 34.9 Å². The Morgan fingerprint density at radius 2 is 1.21 bits per heavy atom. The fraction of sp³-hybridized carbons (Fsp3) is 0.381. The lowest BCUT2D eigenvalue weighted by molar-refractivity contribution is 0.246. The number of amides is 2. The van der Waals surface area contributed by atoms with E-state index in [0.29, 0.717) is 0 Å². The van der Waals surface area contributed by atoms with Gasteiger partial charge in [-0.15, -0.1) is 0 Å². The molecule has 2 fully saturated rings. The first-order valence-corrected chi connectivity index (χ1v) is 9.85. The summed E-state index contributed by atoms with van der Waals surface area (Å²) in [5, 5.41) is 15.4. The number of nitrogens with zero attached hydrogens (tertiary/aromatic N) is 4. The van der Waals surface area contributed by atoms with Gasteiger partial charge in [0.1, 0.15) is 0 Å². The summed E-state index contributed by atoms with van der Waals surface area (Å²) in [5.41, 5.74) is 3.65. The first-order chi connectivity index (χ1) is 13.8. The van der Waals surface area contributed by atoms with Gasteiger partial charge in [-0.25, -0.2) is 4.79 Å². The number of hydrogen-bond acceptors (Lipinski definition) is 5. The molecule has 5 rings (SSSR count). The number of hydrogen-bond donors (Lipinski definition) is 2. The Balaban J connectivity index is 1.54. The summed E-state index contributed by atoms with van der Waals surface area (Å²) in [6.45, 7) is 0. The standard InChI is InChI=1S/C21H22N6O/c28-21-24-15-9-7-13-14(8-10-16(15)25-21)20(18-6-2-4-12-23-18)27-26-19(13)17-5-1-3-11-22-17/h1-6,11-16H,7-10H2,(H2,24,25,28)/t13?,14?,15-,16+. The number of carbonyl (C=O) groups excluding carboxylic acids is 1. The monoisotopic (exact) mass is 374 g/mol. The molecule has 4 atom stereocenters. The number of carbonyl (C=O) groups is 1. The SMILES string of the molecule is O=C1N[C@H]2CCC3C(c4ccccn4)=NN=C(c4ccccn4)C3CC[C@H]2N1. The number of nitrogens with one attached hydrogen (secondary N) is 2. The van der Waals surface area contributed by atoms with E-state index in [0.717, 1.165) is 48.5 Å². The highest BCUT2D eigenvalue weighted by Crippen LogP contribution is 2.36. The number of urea groups is 1. The summed E-state index contributed by atoms with van der Waals surface area (Å²) in [4.78, 5) is 20.9. The van der Waals surface area contributed by atoms with E-state index >= 15 is 0 Å². The molecular formula is C21H22N6O. The van der Waals surface area contributed by atoms with E-state index in [9.17, 15) is 4.79 Å². The molecule has 2 unspecified atom stereocenters. The maximum atomic E-state index is 11.8. The summed E-state index contributed by atoms with van der Waals surface area (Å²) >= 11 is 0. The Morgan fingerprint density at radius 3 is 1.64 bits per heavy atom. The average molecular weight is 374 g/mol. The first-order valence-electron chi connectivity index (χ1n) is 9.85. The number of pyridine rings is 2. The van der Waals surface area contributed by atoms with Crippen LogP contribution in [0, 0.1) is 11.8 Å². The molecular weight excluding hydrogens is 352 g/mol. The minimum absolute atomic E-state index is 0.0582. The van der Waals surface area contributed by atoms with Gasteiger partial charge in [0, 0.05) is 24.2 Å². The lowest BCUT2D eigenvalue weighted by Crippen LogP contribution is -2.42. The molecule has 1 saturated carbocycles. The van der Waals surface area contributed by atoms with Gasteiger partial charge in [0.2, 0.25) is 0 Å². The molecule has 1 aliphatic carbocycles. The molecule has 2 aliphatic heterocycles. The average Bonchev–Trinajstić information content (AvgIpc) is 3.08. The highest BCUT2D eigenvalue weighted by molar-refractivity contribution is 6.10. The molecule has 2 aromatic heterocycles. The predicted molar refractivity (Wildman–Crippen MR) is 106 cm³/mol. The Morgan fingerprint density at radius 1 is 0.714 bits per heavy atom. The van der Waals surface area contributed by atoms with Crippen LogP contribution in [0.3, 0.4) is 0 Å². The van der Waals surface area contributed by atoms with E-state index in [2.05, 4.69) is 30.8 Å². The third kappa shape index (κ3) is 3.06. The Kier molecular flexibility index (Phi) is 4.35. The molecule has 0 radical (unpaired) electrons. The van der Waals surface area contributed by atoms with Crippen molar-refractivity contribution in [3.05, 3.63) is 60.2 Å². The second-order valence-electron chi connectivity index (χ2n) is 7.60.